The quantitative estimate of drug-likeness (QED) is 0.162. The summed E-state index contributed by atoms with van der Waals surface area (Å²) >= 11 is 10.9. The lowest BCUT2D eigenvalue weighted by Gasteiger charge is -2.03. The van der Waals surface area contributed by atoms with E-state index in [0.29, 0.717) is 0 Å². The minimum absolute atomic E-state index is 0. The number of carboxylic acid groups (broad SMARTS) is 4. The molecule has 0 aliphatic carbocycles. The maximum atomic E-state index is 10.3. The van der Waals surface area contributed by atoms with Crippen molar-refractivity contribution in [3.05, 3.63) is 137 Å². The van der Waals surface area contributed by atoms with E-state index in [-0.39, 0.29) is 49.2 Å². The van der Waals surface area contributed by atoms with Crippen LogP contribution in [0.1, 0.15) is 41.4 Å². The van der Waals surface area contributed by atoms with Crippen molar-refractivity contribution >= 4 is 69.8 Å². The number of carbonyl (C=O) groups is 4. The highest BCUT2D eigenvalue weighted by atomic mass is 35.5. The van der Waals surface area contributed by atoms with Gasteiger partial charge in [-0.15, -0.1) is 0 Å². The first-order valence-corrected chi connectivity index (χ1v) is 12.8. The van der Waals surface area contributed by atoms with E-state index in [0.717, 1.165) is 47.8 Å². The minimum atomic E-state index is -1.46. The second kappa shape index (κ2) is 19.4. The van der Waals surface area contributed by atoms with E-state index in [1.54, 1.807) is 24.3 Å². The monoisotopic (exact) mass is 694 g/mol. The summed E-state index contributed by atoms with van der Waals surface area (Å²) in [6.45, 7) is 0. The maximum absolute atomic E-state index is 10.3. The zero-order valence-corrected chi connectivity index (χ0v) is 25.1. The van der Waals surface area contributed by atoms with Crippen LogP contribution in [0.4, 0.5) is 22.7 Å². The van der Waals surface area contributed by atoms with Crippen molar-refractivity contribution in [2.45, 2.75) is 0 Å². The Morgan fingerprint density at radius 1 is 0.596 bits per heavy atom. The van der Waals surface area contributed by atoms with Gasteiger partial charge < -0.3 is 47.0 Å². The van der Waals surface area contributed by atoms with Gasteiger partial charge in [0.05, 0.1) is 43.0 Å². The van der Waals surface area contributed by atoms with E-state index in [1.165, 1.54) is 24.3 Å². The molecule has 17 nitrogen and oxygen atoms in total. The van der Waals surface area contributed by atoms with Crippen molar-refractivity contribution in [1.29, 1.82) is 0 Å². The zero-order chi connectivity index (χ0) is 35.1. The Morgan fingerprint density at radius 2 is 0.915 bits per heavy atom. The summed E-state index contributed by atoms with van der Waals surface area (Å²) in [6, 6.07) is 19.1. The molecule has 0 fully saturated rings. The molecular formula is C28H24Cl2N4O13. The van der Waals surface area contributed by atoms with Crippen molar-refractivity contribution in [3.63, 3.8) is 0 Å². The largest absolute Gasteiger partial charge is 0.545 e. The molecule has 4 aromatic rings. The number of quaternary nitrogens is 2. The van der Waals surface area contributed by atoms with Crippen LogP contribution in [0, 0.1) is 20.2 Å². The molecule has 0 aromatic heterocycles. The molecule has 0 saturated heterocycles. The highest BCUT2D eigenvalue weighted by Crippen LogP contribution is 2.22. The maximum Gasteiger partial charge on any atom is 0.335 e. The van der Waals surface area contributed by atoms with Crippen LogP contribution in [0.25, 0.3) is 0 Å². The van der Waals surface area contributed by atoms with Gasteiger partial charge in [-0.05, 0) is 36.4 Å². The van der Waals surface area contributed by atoms with Crippen LogP contribution in [0.2, 0.25) is 10.0 Å². The van der Waals surface area contributed by atoms with Gasteiger partial charge in [-0.1, -0.05) is 35.3 Å². The Morgan fingerprint density at radius 3 is 1.11 bits per heavy atom. The molecule has 0 bridgehead atoms. The van der Waals surface area contributed by atoms with Crippen molar-refractivity contribution in [1.82, 2.24) is 0 Å². The molecule has 4 rings (SSSR count). The van der Waals surface area contributed by atoms with Crippen LogP contribution in [0.3, 0.4) is 0 Å². The van der Waals surface area contributed by atoms with Gasteiger partial charge in [-0.25, -0.2) is 9.59 Å². The van der Waals surface area contributed by atoms with E-state index < -0.39 is 33.7 Å². The number of carboxylic acids is 4. The summed E-state index contributed by atoms with van der Waals surface area (Å²) in [5, 5.41) is 57.7. The molecule has 4 aromatic carbocycles. The second-order valence-electron chi connectivity index (χ2n) is 8.43. The first-order chi connectivity index (χ1) is 21.4. The predicted molar refractivity (Wildman–Crippen MR) is 160 cm³/mol. The van der Waals surface area contributed by atoms with Crippen molar-refractivity contribution in [3.8, 4) is 0 Å². The molecule has 0 aliphatic heterocycles. The number of hydrogen-bond donors (Lipinski definition) is 4. The van der Waals surface area contributed by atoms with Crippen LogP contribution >= 0.6 is 23.2 Å². The Kier molecular flexibility index (Phi) is 16.9. The first kappa shape index (κ1) is 41.0. The Balaban J connectivity index is 0.000000600. The molecule has 0 saturated carbocycles. The lowest BCUT2D eigenvalue weighted by molar-refractivity contribution is -0.385. The molecule has 0 spiro atoms. The van der Waals surface area contributed by atoms with E-state index >= 15 is 0 Å². The number of carbonyl (C=O) groups excluding carboxylic acids is 2. The van der Waals surface area contributed by atoms with E-state index in [4.69, 9.17) is 33.4 Å². The van der Waals surface area contributed by atoms with Crippen LogP contribution in [0.15, 0.2) is 84.9 Å². The second-order valence-corrected chi connectivity index (χ2v) is 9.24. The highest BCUT2D eigenvalue weighted by Gasteiger charge is 2.10. The Hall–Kier alpha value is -5.98. The van der Waals surface area contributed by atoms with E-state index in [9.17, 15) is 49.6 Å². The van der Waals surface area contributed by atoms with Crippen molar-refractivity contribution in [2.24, 2.45) is 0 Å². The number of nitro benzene ring substituents is 2. The molecular weight excluding hydrogens is 671 g/mol. The molecule has 0 amide bonds. The van der Waals surface area contributed by atoms with Crippen LogP contribution in [0.5, 0.6) is 0 Å². The van der Waals surface area contributed by atoms with Gasteiger partial charge in [0, 0.05) is 47.5 Å². The van der Waals surface area contributed by atoms with Crippen molar-refractivity contribution in [2.75, 3.05) is 0 Å². The third kappa shape index (κ3) is 14.1. The zero-order valence-electron chi connectivity index (χ0n) is 23.6. The summed E-state index contributed by atoms with van der Waals surface area (Å²) in [6.07, 6.45) is 0. The Labute approximate surface area is 273 Å². The average Bonchev–Trinajstić information content (AvgIpc) is 2.97. The third-order valence-electron chi connectivity index (χ3n) is 5.11. The van der Waals surface area contributed by atoms with E-state index in [2.05, 4.69) is 11.5 Å². The summed E-state index contributed by atoms with van der Waals surface area (Å²) in [5.74, 6) is -4.74. The number of rotatable bonds is 6. The van der Waals surface area contributed by atoms with Gasteiger partial charge in [0.15, 0.2) is 0 Å². The van der Waals surface area contributed by atoms with Gasteiger partial charge >= 0.3 is 11.9 Å². The molecule has 0 atom stereocenters. The predicted octanol–water partition coefficient (Wildman–Crippen LogP) is 0.915. The fourth-order valence-electron chi connectivity index (χ4n) is 2.97. The Bertz CT molecular complexity index is 1660. The standard InChI is InChI=1S/2C7H4ClNO4.2C7H7NO2.H2O/c2*8-6-3-4(9(12)13)1-2-5(6)7(10)11;2*8-6-3-1-2-5(4-6)7(9)10;/h2*1-3H,(H,10,11);2*1-4H,8H2,(H,9,10);1H2. The summed E-state index contributed by atoms with van der Waals surface area (Å²) < 4.78 is 0. The third-order valence-corrected chi connectivity index (χ3v) is 5.74. The first-order valence-electron chi connectivity index (χ1n) is 12.1. The number of aromatic carboxylic acids is 4. The molecule has 10 N–H and O–H groups in total. The molecule has 0 aliphatic rings. The number of nitro groups is 2. The summed E-state index contributed by atoms with van der Waals surface area (Å²) in [5.41, 5.74) is 8.19. The minimum Gasteiger partial charge on any atom is -0.545 e. The molecule has 0 radical (unpaired) electrons. The average molecular weight is 695 g/mol. The fraction of sp³-hybridized carbons (Fsp3) is 0. The topological polar surface area (TPSA) is 328 Å². The number of nitrogens with zero attached hydrogens (tertiary/aromatic N) is 2. The van der Waals surface area contributed by atoms with Crippen LogP contribution in [-0.4, -0.2) is 49.4 Å². The van der Waals surface area contributed by atoms with Gasteiger partial charge in [0.1, 0.15) is 11.4 Å². The van der Waals surface area contributed by atoms with Crippen molar-refractivity contribution < 1.29 is 66.4 Å². The van der Waals surface area contributed by atoms with Gasteiger partial charge in [-0.2, -0.15) is 0 Å². The van der Waals surface area contributed by atoms with Crippen LogP contribution < -0.4 is 21.7 Å². The lowest BCUT2D eigenvalue weighted by Crippen LogP contribution is -2.40. The lowest BCUT2D eigenvalue weighted by atomic mass is 10.2. The van der Waals surface area contributed by atoms with Gasteiger partial charge in [-0.3, -0.25) is 20.2 Å². The van der Waals surface area contributed by atoms with Crippen LogP contribution in [-0.2, 0) is 0 Å². The number of benzene rings is 4. The highest BCUT2D eigenvalue weighted by molar-refractivity contribution is 6.34. The van der Waals surface area contributed by atoms with Gasteiger partial charge in [0.2, 0.25) is 0 Å². The van der Waals surface area contributed by atoms with E-state index in [1.807, 2.05) is 0 Å². The fourth-order valence-corrected chi connectivity index (χ4v) is 3.48. The van der Waals surface area contributed by atoms with Gasteiger partial charge in [0.25, 0.3) is 11.4 Å². The molecule has 248 valence electrons. The normalized spacial score (nSPS) is 9.28. The number of halogens is 2. The molecule has 0 unspecified atom stereocenters. The smallest absolute Gasteiger partial charge is 0.335 e. The SMILES string of the molecule is O.O=C([O-])c1ccc([N+](=O)[O-])cc1Cl.O=C([O-])c1ccc([N+](=O)[O-])cc1Cl.[NH3+]c1cccc(C(=O)O)c1.[NH3+]c1cccc(C(=O)O)c1. The molecule has 19 heteroatoms. The number of hydrogen-bond acceptors (Lipinski definition) is 10. The molecule has 0 heterocycles. The summed E-state index contributed by atoms with van der Waals surface area (Å²) in [4.78, 5) is 60.4. The summed E-state index contributed by atoms with van der Waals surface area (Å²) in [7, 11) is 0. The number of non-ortho nitro benzene ring substituents is 2. The molecule has 47 heavy (non-hydrogen) atoms.